The molecule has 10 heteroatoms. The lowest BCUT2D eigenvalue weighted by Gasteiger charge is -2.14. The van der Waals surface area contributed by atoms with Crippen molar-refractivity contribution >= 4 is 29.1 Å². The fourth-order valence-electron chi connectivity index (χ4n) is 2.08. The Balaban J connectivity index is 2.26. The lowest BCUT2D eigenvalue weighted by Crippen LogP contribution is -2.18. The predicted octanol–water partition coefficient (Wildman–Crippen LogP) is 4.40. The summed E-state index contributed by atoms with van der Waals surface area (Å²) in [5.74, 6) is -1.12. The van der Waals surface area contributed by atoms with Crippen LogP contribution in [0.5, 0.6) is 0 Å². The Labute approximate surface area is 153 Å². The number of alkyl halides is 3. The van der Waals surface area contributed by atoms with Gasteiger partial charge >= 0.3 is 6.18 Å². The van der Waals surface area contributed by atoms with Crippen LogP contribution in [0.15, 0.2) is 24.3 Å². The summed E-state index contributed by atoms with van der Waals surface area (Å²) in [6.07, 6.45) is -3.98. The Hall–Kier alpha value is -2.13. The number of benzene rings is 1. The van der Waals surface area contributed by atoms with Crippen LogP contribution in [0.1, 0.15) is 12.1 Å². The number of anilines is 3. The highest BCUT2D eigenvalue weighted by molar-refractivity contribution is 6.33. The predicted molar refractivity (Wildman–Crippen MR) is 93.4 cm³/mol. The fourth-order valence-corrected chi connectivity index (χ4v) is 2.29. The molecular weight excluding hydrogens is 374 g/mol. The summed E-state index contributed by atoms with van der Waals surface area (Å²) in [5, 5.41) is 5.27. The van der Waals surface area contributed by atoms with E-state index in [4.69, 9.17) is 11.6 Å². The van der Waals surface area contributed by atoms with Crippen LogP contribution in [0.4, 0.5) is 35.0 Å². The van der Waals surface area contributed by atoms with Crippen molar-refractivity contribution in [3.05, 3.63) is 40.8 Å². The second-order valence-electron chi connectivity index (χ2n) is 5.77. The largest absolute Gasteiger partial charge is 0.433 e. The summed E-state index contributed by atoms with van der Waals surface area (Å²) in [6.45, 7) is 1.14. The van der Waals surface area contributed by atoms with Crippen molar-refractivity contribution in [3.8, 4) is 0 Å². The number of nitrogens with one attached hydrogen (secondary N) is 2. The summed E-state index contributed by atoms with van der Waals surface area (Å²) in [4.78, 5) is 9.40. The second kappa shape index (κ2) is 8.50. The van der Waals surface area contributed by atoms with Crippen LogP contribution in [0.3, 0.4) is 0 Å². The quantitative estimate of drug-likeness (QED) is 0.541. The van der Waals surface area contributed by atoms with Crippen molar-refractivity contribution < 1.29 is 17.6 Å². The Morgan fingerprint density at radius 2 is 1.92 bits per heavy atom. The van der Waals surface area contributed by atoms with Gasteiger partial charge in [0, 0.05) is 12.6 Å². The van der Waals surface area contributed by atoms with E-state index < -0.39 is 17.7 Å². The maximum absolute atomic E-state index is 13.9. The minimum atomic E-state index is -4.67. The topological polar surface area (TPSA) is 53.1 Å². The molecule has 0 spiro atoms. The molecule has 0 amide bonds. The monoisotopic (exact) mass is 391 g/mol. The smallest absolute Gasteiger partial charge is 0.354 e. The van der Waals surface area contributed by atoms with Crippen LogP contribution in [0.2, 0.25) is 5.02 Å². The van der Waals surface area contributed by atoms with Crippen molar-refractivity contribution in [2.24, 2.45) is 0 Å². The van der Waals surface area contributed by atoms with Crippen LogP contribution >= 0.6 is 11.6 Å². The maximum Gasteiger partial charge on any atom is 0.433 e. The highest BCUT2D eigenvalue weighted by Gasteiger charge is 2.34. The van der Waals surface area contributed by atoms with Crippen molar-refractivity contribution in [3.63, 3.8) is 0 Å². The molecule has 0 radical (unpaired) electrons. The van der Waals surface area contributed by atoms with Crippen molar-refractivity contribution in [1.29, 1.82) is 0 Å². The van der Waals surface area contributed by atoms with Gasteiger partial charge < -0.3 is 15.5 Å². The van der Waals surface area contributed by atoms with E-state index in [1.54, 1.807) is 0 Å². The zero-order chi connectivity index (χ0) is 19.3. The number of aromatic nitrogens is 2. The van der Waals surface area contributed by atoms with Crippen LogP contribution in [0.25, 0.3) is 0 Å². The van der Waals surface area contributed by atoms with Crippen molar-refractivity contribution in [1.82, 2.24) is 14.9 Å². The lowest BCUT2D eigenvalue weighted by molar-refractivity contribution is -0.141. The first-order valence-corrected chi connectivity index (χ1v) is 8.10. The first-order valence-electron chi connectivity index (χ1n) is 7.72. The van der Waals surface area contributed by atoms with E-state index in [0.29, 0.717) is 19.0 Å². The maximum atomic E-state index is 13.9. The zero-order valence-corrected chi connectivity index (χ0v) is 14.9. The number of rotatable bonds is 7. The van der Waals surface area contributed by atoms with Crippen LogP contribution < -0.4 is 10.6 Å². The molecule has 26 heavy (non-hydrogen) atoms. The third-order valence-electron chi connectivity index (χ3n) is 3.30. The highest BCUT2D eigenvalue weighted by atomic mass is 35.5. The van der Waals surface area contributed by atoms with Gasteiger partial charge in [-0.15, -0.1) is 0 Å². The molecule has 142 valence electrons. The van der Waals surface area contributed by atoms with Gasteiger partial charge in [0.15, 0.2) is 5.69 Å². The van der Waals surface area contributed by atoms with E-state index in [-0.39, 0.29) is 22.5 Å². The van der Waals surface area contributed by atoms with E-state index in [9.17, 15) is 17.6 Å². The summed E-state index contributed by atoms with van der Waals surface area (Å²) < 4.78 is 53.1. The standard InChI is InChI=1S/C16H18ClF4N5/c1-26(2)8-4-7-22-15-23-12(16(19,20)21)9-13(25-15)24-14-10(17)5-3-6-11(14)18/h3,5-6,9H,4,7-8H2,1-2H3,(H2,22,23,24,25). The zero-order valence-electron chi connectivity index (χ0n) is 14.2. The Bertz CT molecular complexity index is 732. The van der Waals surface area contributed by atoms with E-state index in [0.717, 1.165) is 12.6 Å². The molecule has 0 saturated heterocycles. The van der Waals surface area contributed by atoms with Gasteiger partial charge in [-0.3, -0.25) is 0 Å². The van der Waals surface area contributed by atoms with Crippen LogP contribution in [0, 0.1) is 5.82 Å². The molecule has 0 fully saturated rings. The Kier molecular flexibility index (Phi) is 6.60. The average molecular weight is 392 g/mol. The molecule has 0 bridgehead atoms. The molecule has 0 unspecified atom stereocenters. The third-order valence-corrected chi connectivity index (χ3v) is 3.61. The first kappa shape index (κ1) is 20.2. The van der Waals surface area contributed by atoms with Gasteiger partial charge in [-0.1, -0.05) is 17.7 Å². The molecule has 2 N–H and O–H groups in total. The fraction of sp³-hybridized carbons (Fsp3) is 0.375. The number of hydrogen-bond acceptors (Lipinski definition) is 5. The molecule has 5 nitrogen and oxygen atoms in total. The third kappa shape index (κ3) is 5.70. The van der Waals surface area contributed by atoms with Gasteiger partial charge in [0.1, 0.15) is 11.6 Å². The molecule has 1 heterocycles. The molecule has 2 rings (SSSR count). The molecule has 1 aromatic carbocycles. The minimum Gasteiger partial charge on any atom is -0.354 e. The van der Waals surface area contributed by atoms with E-state index in [1.807, 2.05) is 19.0 Å². The number of nitrogens with zero attached hydrogens (tertiary/aromatic N) is 3. The molecule has 0 saturated carbocycles. The molecule has 0 aliphatic heterocycles. The van der Waals surface area contributed by atoms with Crippen molar-refractivity contribution in [2.75, 3.05) is 37.8 Å². The summed E-state index contributed by atoms with van der Waals surface area (Å²) >= 11 is 5.89. The van der Waals surface area contributed by atoms with Gasteiger partial charge in [0.2, 0.25) is 5.95 Å². The second-order valence-corrected chi connectivity index (χ2v) is 6.17. The van der Waals surface area contributed by atoms with E-state index in [2.05, 4.69) is 20.6 Å². The summed E-state index contributed by atoms with van der Waals surface area (Å²) in [7, 11) is 3.78. The molecule has 2 aromatic rings. The van der Waals surface area contributed by atoms with Crippen LogP contribution in [-0.4, -0.2) is 42.1 Å². The number of halogens is 5. The first-order chi connectivity index (χ1) is 12.2. The summed E-state index contributed by atoms with van der Waals surface area (Å²) in [5.41, 5.74) is -1.29. The van der Waals surface area contributed by atoms with E-state index >= 15 is 0 Å². The van der Waals surface area contributed by atoms with Crippen LogP contribution in [-0.2, 0) is 6.18 Å². The van der Waals surface area contributed by atoms with Gasteiger partial charge in [0.25, 0.3) is 0 Å². The highest BCUT2D eigenvalue weighted by Crippen LogP contribution is 2.32. The molecule has 0 aliphatic rings. The van der Waals surface area contributed by atoms with Crippen molar-refractivity contribution in [2.45, 2.75) is 12.6 Å². The number of para-hydroxylation sites is 1. The summed E-state index contributed by atoms with van der Waals surface area (Å²) in [6, 6.07) is 4.65. The average Bonchev–Trinajstić information content (AvgIpc) is 2.54. The lowest BCUT2D eigenvalue weighted by atomic mass is 10.3. The van der Waals surface area contributed by atoms with Gasteiger partial charge in [-0.25, -0.2) is 9.37 Å². The van der Waals surface area contributed by atoms with Gasteiger partial charge in [0.05, 0.1) is 10.7 Å². The minimum absolute atomic E-state index is 0.0256. The SMILES string of the molecule is CN(C)CCCNc1nc(Nc2c(F)cccc2Cl)cc(C(F)(F)F)n1. The Morgan fingerprint density at radius 1 is 1.19 bits per heavy atom. The normalized spacial score (nSPS) is 11.7. The molecule has 1 aromatic heterocycles. The molecule has 0 atom stereocenters. The van der Waals surface area contributed by atoms with E-state index in [1.165, 1.54) is 12.1 Å². The Morgan fingerprint density at radius 3 is 2.54 bits per heavy atom. The molecule has 0 aliphatic carbocycles. The van der Waals surface area contributed by atoms with Gasteiger partial charge in [-0.05, 0) is 39.2 Å². The molecular formula is C16H18ClF4N5. The number of hydrogen-bond donors (Lipinski definition) is 2. The van der Waals surface area contributed by atoms with Gasteiger partial charge in [-0.2, -0.15) is 18.2 Å².